The zero-order valence-corrected chi connectivity index (χ0v) is 13.9. The first-order chi connectivity index (χ1) is 9.63. The van der Waals surface area contributed by atoms with E-state index in [0.29, 0.717) is 16.2 Å². The van der Waals surface area contributed by atoms with Crippen molar-refractivity contribution in [3.8, 4) is 0 Å². The molecule has 0 aliphatic heterocycles. The number of nitrogens with one attached hydrogen (secondary N) is 1. The van der Waals surface area contributed by atoms with Crippen LogP contribution in [0.3, 0.4) is 0 Å². The third-order valence-electron chi connectivity index (χ3n) is 3.04. The molecule has 0 radical (unpaired) electrons. The van der Waals surface area contributed by atoms with E-state index >= 15 is 0 Å². The molecular weight excluding hydrogens is 352 g/mol. The zero-order valence-electron chi connectivity index (χ0n) is 11.3. The minimum absolute atomic E-state index is 0. The van der Waals surface area contributed by atoms with E-state index < -0.39 is 0 Å². The molecule has 3 aromatic heterocycles. The molecule has 3 heterocycles. The molecule has 0 amide bonds. The molecule has 0 spiro atoms. The maximum absolute atomic E-state index is 5.82. The van der Waals surface area contributed by atoms with E-state index in [1.54, 1.807) is 12.4 Å². The van der Waals surface area contributed by atoms with E-state index in [1.807, 2.05) is 35.9 Å². The highest BCUT2D eigenvalue weighted by Gasteiger charge is 2.10. The van der Waals surface area contributed by atoms with Crippen LogP contribution >= 0.6 is 29.4 Å². The second-order valence-corrected chi connectivity index (χ2v) is 5.26. The van der Waals surface area contributed by atoms with Crippen molar-refractivity contribution < 1.29 is 0 Å². The predicted molar refractivity (Wildman–Crippen MR) is 91.8 cm³/mol. The van der Waals surface area contributed by atoms with Crippen molar-refractivity contribution >= 4 is 46.7 Å². The highest BCUT2D eigenvalue weighted by atomic mass is 79.9. The van der Waals surface area contributed by atoms with Crippen LogP contribution in [0.2, 0.25) is 0 Å². The number of fused-ring (bicyclic) bond motifs is 1. The van der Waals surface area contributed by atoms with Crippen LogP contribution in [0.4, 0.5) is 11.6 Å². The highest BCUT2D eigenvalue weighted by molar-refractivity contribution is 9.10. The maximum Gasteiger partial charge on any atom is 0.170 e. The first-order valence-corrected chi connectivity index (χ1v) is 6.90. The Bertz CT molecular complexity index is 759. The van der Waals surface area contributed by atoms with Gasteiger partial charge in [0.05, 0.1) is 12.2 Å². The van der Waals surface area contributed by atoms with E-state index in [1.165, 1.54) is 0 Å². The number of nitrogen functional groups attached to an aromatic ring is 1. The minimum Gasteiger partial charge on any atom is -0.381 e. The molecule has 110 valence electrons. The Hall–Kier alpha value is -1.80. The largest absolute Gasteiger partial charge is 0.381 e. The van der Waals surface area contributed by atoms with Gasteiger partial charge in [0.25, 0.3) is 0 Å². The van der Waals surface area contributed by atoms with Gasteiger partial charge in [0.2, 0.25) is 0 Å². The van der Waals surface area contributed by atoms with Crippen LogP contribution in [0.1, 0.15) is 18.5 Å². The Morgan fingerprint density at radius 3 is 2.95 bits per heavy atom. The SMILES string of the molecule is C[C@H](Nc1nc(Br)cnc1N)c1ccc2nccn2c1.S. The third kappa shape index (κ3) is 3.27. The molecule has 0 aromatic carbocycles. The van der Waals surface area contributed by atoms with E-state index in [4.69, 9.17) is 5.73 Å². The van der Waals surface area contributed by atoms with Crippen molar-refractivity contribution in [2.75, 3.05) is 11.1 Å². The number of rotatable bonds is 3. The van der Waals surface area contributed by atoms with Crippen molar-refractivity contribution in [1.82, 2.24) is 19.4 Å². The van der Waals surface area contributed by atoms with E-state index in [2.05, 4.69) is 36.2 Å². The van der Waals surface area contributed by atoms with Crippen LogP contribution in [-0.4, -0.2) is 19.4 Å². The standard InChI is InChI=1S/C13H13BrN6.H2S/c1-8(18-13-12(15)17-6-10(14)19-13)9-2-3-11-16-4-5-20(11)7-9;/h2-8H,1H3,(H2,15,17)(H,18,19);1H2/t8-;/m0./s1. The maximum atomic E-state index is 5.82. The van der Waals surface area contributed by atoms with Gasteiger partial charge in [0, 0.05) is 18.6 Å². The Balaban J connectivity index is 0.00000161. The summed E-state index contributed by atoms with van der Waals surface area (Å²) in [5, 5.41) is 3.26. The quantitative estimate of drug-likeness (QED) is 0.744. The van der Waals surface area contributed by atoms with Gasteiger partial charge in [0.15, 0.2) is 11.6 Å². The molecule has 1 atom stereocenters. The van der Waals surface area contributed by atoms with Crippen LogP contribution < -0.4 is 11.1 Å². The number of imidazole rings is 1. The molecule has 0 fully saturated rings. The fourth-order valence-electron chi connectivity index (χ4n) is 1.96. The molecule has 0 unspecified atom stereocenters. The second kappa shape index (κ2) is 6.31. The van der Waals surface area contributed by atoms with Gasteiger partial charge in [-0.05, 0) is 34.5 Å². The summed E-state index contributed by atoms with van der Waals surface area (Å²) in [5.74, 6) is 0.946. The summed E-state index contributed by atoms with van der Waals surface area (Å²) in [4.78, 5) is 12.6. The molecule has 0 bridgehead atoms. The van der Waals surface area contributed by atoms with E-state index in [-0.39, 0.29) is 19.5 Å². The van der Waals surface area contributed by atoms with E-state index in [9.17, 15) is 0 Å². The van der Waals surface area contributed by atoms with Gasteiger partial charge in [-0.25, -0.2) is 15.0 Å². The van der Waals surface area contributed by atoms with Crippen LogP contribution in [0.5, 0.6) is 0 Å². The molecule has 21 heavy (non-hydrogen) atoms. The number of nitrogens with zero attached hydrogens (tertiary/aromatic N) is 4. The lowest BCUT2D eigenvalue weighted by Gasteiger charge is -2.16. The van der Waals surface area contributed by atoms with Crippen molar-refractivity contribution in [3.63, 3.8) is 0 Å². The van der Waals surface area contributed by atoms with Gasteiger partial charge < -0.3 is 15.5 Å². The average Bonchev–Trinajstić information content (AvgIpc) is 2.90. The van der Waals surface area contributed by atoms with E-state index in [0.717, 1.165) is 11.2 Å². The molecule has 3 rings (SSSR count). The van der Waals surface area contributed by atoms with Gasteiger partial charge >= 0.3 is 0 Å². The molecule has 0 aliphatic carbocycles. The normalized spacial score (nSPS) is 11.9. The number of pyridine rings is 1. The Morgan fingerprint density at radius 1 is 1.33 bits per heavy atom. The van der Waals surface area contributed by atoms with Crippen LogP contribution in [0.15, 0.2) is 41.5 Å². The van der Waals surface area contributed by atoms with Crippen molar-refractivity contribution in [1.29, 1.82) is 0 Å². The number of nitrogens with two attached hydrogens (primary N) is 1. The first kappa shape index (κ1) is 15.6. The third-order valence-corrected chi connectivity index (χ3v) is 3.42. The number of anilines is 2. The summed E-state index contributed by atoms with van der Waals surface area (Å²) < 4.78 is 2.62. The predicted octanol–water partition coefficient (Wildman–Crippen LogP) is 2.75. The topological polar surface area (TPSA) is 81.1 Å². The fourth-order valence-corrected chi connectivity index (χ4v) is 2.24. The summed E-state index contributed by atoms with van der Waals surface area (Å²) in [5.41, 5.74) is 7.84. The molecule has 3 N–H and O–H groups in total. The fraction of sp³-hybridized carbons (Fsp3) is 0.154. The molecule has 6 nitrogen and oxygen atoms in total. The van der Waals surface area contributed by atoms with Crippen LogP contribution in [0, 0.1) is 0 Å². The molecule has 0 saturated carbocycles. The Kier molecular flexibility index (Phi) is 4.69. The monoisotopic (exact) mass is 366 g/mol. The Morgan fingerprint density at radius 2 is 2.14 bits per heavy atom. The molecule has 8 heteroatoms. The van der Waals surface area contributed by atoms with Crippen molar-refractivity contribution in [3.05, 3.63) is 47.1 Å². The number of halogens is 1. The summed E-state index contributed by atoms with van der Waals surface area (Å²) in [6.07, 6.45) is 7.29. The summed E-state index contributed by atoms with van der Waals surface area (Å²) >= 11 is 3.29. The number of hydrogen-bond donors (Lipinski definition) is 2. The lowest BCUT2D eigenvalue weighted by molar-refractivity contribution is 0.859. The molecular formula is C13H15BrN6S. The van der Waals surface area contributed by atoms with Gasteiger partial charge in [-0.1, -0.05) is 6.07 Å². The molecule has 0 aliphatic rings. The minimum atomic E-state index is 0. The summed E-state index contributed by atoms with van der Waals surface area (Å²) in [7, 11) is 0. The molecule has 3 aromatic rings. The zero-order chi connectivity index (χ0) is 14.1. The van der Waals surface area contributed by atoms with Gasteiger partial charge in [0.1, 0.15) is 10.3 Å². The van der Waals surface area contributed by atoms with Crippen LogP contribution in [0.25, 0.3) is 5.65 Å². The van der Waals surface area contributed by atoms with Crippen LogP contribution in [-0.2, 0) is 0 Å². The number of hydrogen-bond acceptors (Lipinski definition) is 5. The second-order valence-electron chi connectivity index (χ2n) is 4.45. The highest BCUT2D eigenvalue weighted by Crippen LogP contribution is 2.22. The lowest BCUT2D eigenvalue weighted by Crippen LogP contribution is -2.11. The van der Waals surface area contributed by atoms with Crippen molar-refractivity contribution in [2.24, 2.45) is 0 Å². The number of aromatic nitrogens is 4. The smallest absolute Gasteiger partial charge is 0.170 e. The van der Waals surface area contributed by atoms with Gasteiger partial charge in [-0.15, -0.1) is 0 Å². The van der Waals surface area contributed by atoms with Crippen molar-refractivity contribution in [2.45, 2.75) is 13.0 Å². The Labute approximate surface area is 137 Å². The lowest BCUT2D eigenvalue weighted by atomic mass is 10.1. The average molecular weight is 367 g/mol. The van der Waals surface area contributed by atoms with Gasteiger partial charge in [-0.2, -0.15) is 13.5 Å². The first-order valence-electron chi connectivity index (χ1n) is 6.10. The van der Waals surface area contributed by atoms with Gasteiger partial charge in [-0.3, -0.25) is 0 Å². The summed E-state index contributed by atoms with van der Waals surface area (Å²) in [6.45, 7) is 2.04. The summed E-state index contributed by atoms with van der Waals surface area (Å²) in [6, 6.07) is 4.05. The molecule has 0 saturated heterocycles.